The number of halogens is 2. The van der Waals surface area contributed by atoms with Gasteiger partial charge in [0.1, 0.15) is 5.82 Å². The molecule has 0 bridgehead atoms. The van der Waals surface area contributed by atoms with Crippen molar-refractivity contribution >= 4 is 11.6 Å². The monoisotopic (exact) mass is 288 g/mol. The van der Waals surface area contributed by atoms with E-state index in [-0.39, 0.29) is 5.02 Å². The number of hydrogen-bond acceptors (Lipinski definition) is 4. The second-order valence-corrected chi connectivity index (χ2v) is 4.79. The fourth-order valence-electron chi connectivity index (χ4n) is 2.25. The Labute approximate surface area is 117 Å². The van der Waals surface area contributed by atoms with Crippen molar-refractivity contribution in [3.05, 3.63) is 22.5 Å². The Morgan fingerprint density at radius 1 is 1.32 bits per heavy atom. The first kappa shape index (κ1) is 14.4. The van der Waals surface area contributed by atoms with Gasteiger partial charge in [-0.05, 0) is 0 Å². The van der Waals surface area contributed by atoms with Gasteiger partial charge in [-0.2, -0.15) is 0 Å². The van der Waals surface area contributed by atoms with Gasteiger partial charge in [0.05, 0.1) is 19.2 Å². The summed E-state index contributed by atoms with van der Waals surface area (Å²) in [6.07, 6.45) is 0. The largest absolute Gasteiger partial charge is 0.493 e. The molecule has 1 aromatic carbocycles. The normalized spacial score (nSPS) is 16.4. The van der Waals surface area contributed by atoms with Crippen LogP contribution in [0.25, 0.3) is 0 Å². The molecule has 106 valence electrons. The quantitative estimate of drug-likeness (QED) is 0.918. The second-order valence-electron chi connectivity index (χ2n) is 4.41. The predicted molar refractivity (Wildman–Crippen MR) is 72.7 cm³/mol. The van der Waals surface area contributed by atoms with E-state index in [2.05, 4.69) is 10.2 Å². The fourth-order valence-corrected chi connectivity index (χ4v) is 2.45. The minimum absolute atomic E-state index is 0.108. The third-order valence-corrected chi connectivity index (χ3v) is 3.65. The van der Waals surface area contributed by atoms with Crippen molar-refractivity contribution in [2.45, 2.75) is 6.54 Å². The zero-order chi connectivity index (χ0) is 13.8. The molecule has 4 nitrogen and oxygen atoms in total. The number of methoxy groups -OCH3 is 2. The number of rotatable bonds is 4. The Kier molecular flexibility index (Phi) is 4.85. The standard InChI is InChI=1S/C13H18ClFN2O2/c1-18-11-7-10(15)12(14)9(13(11)19-2)8-17-5-3-16-4-6-17/h7,16H,3-6,8H2,1-2H3. The molecule has 2 rings (SSSR count). The van der Waals surface area contributed by atoms with Crippen molar-refractivity contribution in [1.29, 1.82) is 0 Å². The summed E-state index contributed by atoms with van der Waals surface area (Å²) in [4.78, 5) is 2.21. The van der Waals surface area contributed by atoms with Crippen LogP contribution in [-0.4, -0.2) is 45.3 Å². The molecule has 19 heavy (non-hydrogen) atoms. The molecule has 1 N–H and O–H groups in total. The van der Waals surface area contributed by atoms with Crippen molar-refractivity contribution < 1.29 is 13.9 Å². The van der Waals surface area contributed by atoms with Gasteiger partial charge in [0.25, 0.3) is 0 Å². The lowest BCUT2D eigenvalue weighted by molar-refractivity contribution is 0.228. The van der Waals surface area contributed by atoms with Crippen LogP contribution in [0.1, 0.15) is 5.56 Å². The Morgan fingerprint density at radius 3 is 2.58 bits per heavy atom. The van der Waals surface area contributed by atoms with Crippen molar-refractivity contribution in [3.63, 3.8) is 0 Å². The van der Waals surface area contributed by atoms with Crippen LogP contribution in [0.2, 0.25) is 5.02 Å². The third kappa shape index (κ3) is 3.11. The minimum Gasteiger partial charge on any atom is -0.493 e. The van der Waals surface area contributed by atoms with Gasteiger partial charge in [0.2, 0.25) is 0 Å². The summed E-state index contributed by atoms with van der Waals surface area (Å²) in [7, 11) is 3.02. The van der Waals surface area contributed by atoms with Crippen LogP contribution in [0.15, 0.2) is 6.07 Å². The molecule has 1 aliphatic heterocycles. The zero-order valence-corrected chi connectivity index (χ0v) is 11.9. The van der Waals surface area contributed by atoms with E-state index >= 15 is 0 Å². The first-order chi connectivity index (χ1) is 9.17. The molecule has 0 aliphatic carbocycles. The number of benzene rings is 1. The summed E-state index contributed by atoms with van der Waals surface area (Å²) < 4.78 is 24.3. The summed E-state index contributed by atoms with van der Waals surface area (Å²) in [6, 6.07) is 1.25. The molecule has 1 fully saturated rings. The molecule has 1 saturated heterocycles. The number of ether oxygens (including phenoxy) is 2. The Hall–Kier alpha value is -1.04. The van der Waals surface area contributed by atoms with Crippen molar-refractivity contribution in [1.82, 2.24) is 10.2 Å². The van der Waals surface area contributed by atoms with E-state index in [0.29, 0.717) is 23.6 Å². The lowest BCUT2D eigenvalue weighted by atomic mass is 10.1. The average molecular weight is 289 g/mol. The molecule has 0 spiro atoms. The van der Waals surface area contributed by atoms with Crippen LogP contribution < -0.4 is 14.8 Å². The van der Waals surface area contributed by atoms with Crippen molar-refractivity contribution in [2.75, 3.05) is 40.4 Å². The molecule has 0 amide bonds. The van der Waals surface area contributed by atoms with Crippen molar-refractivity contribution in [2.24, 2.45) is 0 Å². The number of hydrogen-bond donors (Lipinski definition) is 1. The number of nitrogens with zero attached hydrogens (tertiary/aromatic N) is 1. The molecule has 0 unspecified atom stereocenters. The van der Waals surface area contributed by atoms with E-state index in [1.165, 1.54) is 20.3 Å². The molecule has 0 radical (unpaired) electrons. The van der Waals surface area contributed by atoms with Gasteiger partial charge in [-0.1, -0.05) is 11.6 Å². The Morgan fingerprint density at radius 2 is 2.00 bits per heavy atom. The molecular weight excluding hydrogens is 271 g/mol. The molecular formula is C13H18ClFN2O2. The van der Waals surface area contributed by atoms with Gasteiger partial charge < -0.3 is 14.8 Å². The van der Waals surface area contributed by atoms with E-state index in [0.717, 1.165) is 26.2 Å². The van der Waals surface area contributed by atoms with Crippen LogP contribution in [0.3, 0.4) is 0 Å². The third-order valence-electron chi connectivity index (χ3n) is 3.25. The molecule has 1 heterocycles. The molecule has 0 aromatic heterocycles. The van der Waals surface area contributed by atoms with Gasteiger partial charge in [-0.15, -0.1) is 0 Å². The maximum Gasteiger partial charge on any atom is 0.166 e. The van der Waals surface area contributed by atoms with E-state index in [4.69, 9.17) is 21.1 Å². The van der Waals surface area contributed by atoms with Gasteiger partial charge >= 0.3 is 0 Å². The molecule has 0 atom stereocenters. The van der Waals surface area contributed by atoms with Gasteiger partial charge in [-0.25, -0.2) is 4.39 Å². The van der Waals surface area contributed by atoms with Crippen LogP contribution in [0.5, 0.6) is 11.5 Å². The van der Waals surface area contributed by atoms with E-state index in [1.807, 2.05) is 0 Å². The molecule has 1 aliphatic rings. The van der Waals surface area contributed by atoms with Gasteiger partial charge in [0, 0.05) is 44.4 Å². The highest BCUT2D eigenvalue weighted by Gasteiger charge is 2.21. The van der Waals surface area contributed by atoms with Crippen LogP contribution in [0, 0.1) is 5.82 Å². The highest BCUT2D eigenvalue weighted by atomic mass is 35.5. The average Bonchev–Trinajstić information content (AvgIpc) is 2.44. The Bertz CT molecular complexity index is 451. The maximum atomic E-state index is 13.8. The smallest absolute Gasteiger partial charge is 0.166 e. The fraction of sp³-hybridized carbons (Fsp3) is 0.538. The zero-order valence-electron chi connectivity index (χ0n) is 11.1. The second kappa shape index (κ2) is 6.41. The van der Waals surface area contributed by atoms with Crippen LogP contribution in [0.4, 0.5) is 4.39 Å². The van der Waals surface area contributed by atoms with Crippen LogP contribution in [-0.2, 0) is 6.54 Å². The van der Waals surface area contributed by atoms with Gasteiger partial charge in [0.15, 0.2) is 11.5 Å². The summed E-state index contributed by atoms with van der Waals surface area (Å²) in [5, 5.41) is 3.38. The summed E-state index contributed by atoms with van der Waals surface area (Å²) >= 11 is 6.07. The number of nitrogens with one attached hydrogen (secondary N) is 1. The van der Waals surface area contributed by atoms with Crippen molar-refractivity contribution in [3.8, 4) is 11.5 Å². The summed E-state index contributed by atoms with van der Waals surface area (Å²) in [5.74, 6) is 0.395. The lowest BCUT2D eigenvalue weighted by Crippen LogP contribution is -2.43. The maximum absolute atomic E-state index is 13.8. The Balaban J connectivity index is 2.33. The first-order valence-corrected chi connectivity index (χ1v) is 6.57. The summed E-state index contributed by atoms with van der Waals surface area (Å²) in [6.45, 7) is 4.20. The highest BCUT2D eigenvalue weighted by molar-refractivity contribution is 6.31. The molecule has 1 aromatic rings. The van der Waals surface area contributed by atoms with E-state index in [9.17, 15) is 4.39 Å². The number of piperazine rings is 1. The van der Waals surface area contributed by atoms with E-state index < -0.39 is 5.82 Å². The minimum atomic E-state index is -0.482. The van der Waals surface area contributed by atoms with Crippen LogP contribution >= 0.6 is 11.6 Å². The van der Waals surface area contributed by atoms with E-state index in [1.54, 1.807) is 0 Å². The summed E-state index contributed by atoms with van der Waals surface area (Å²) in [5.41, 5.74) is 0.642. The highest BCUT2D eigenvalue weighted by Crippen LogP contribution is 2.38. The predicted octanol–water partition coefficient (Wildman–Crippen LogP) is 1.90. The lowest BCUT2D eigenvalue weighted by Gasteiger charge is -2.28. The molecule has 0 saturated carbocycles. The SMILES string of the molecule is COc1cc(F)c(Cl)c(CN2CCNCC2)c1OC. The van der Waals surface area contributed by atoms with Gasteiger partial charge in [-0.3, -0.25) is 4.90 Å². The topological polar surface area (TPSA) is 33.7 Å². The molecule has 6 heteroatoms. The first-order valence-electron chi connectivity index (χ1n) is 6.19.